The van der Waals surface area contributed by atoms with Gasteiger partial charge < -0.3 is 5.32 Å². The van der Waals surface area contributed by atoms with Gasteiger partial charge in [0.2, 0.25) is 0 Å². The Hall–Kier alpha value is -1.10. The van der Waals surface area contributed by atoms with Gasteiger partial charge in [0.25, 0.3) is 0 Å². The van der Waals surface area contributed by atoms with Gasteiger partial charge in [-0.1, -0.05) is 34.5 Å². The molecule has 0 bridgehead atoms. The van der Waals surface area contributed by atoms with E-state index in [9.17, 15) is 0 Å². The molecular formula is C12H14Cl2N4. The van der Waals surface area contributed by atoms with Crippen molar-refractivity contribution in [1.82, 2.24) is 20.3 Å². The zero-order valence-corrected chi connectivity index (χ0v) is 11.7. The zero-order valence-electron chi connectivity index (χ0n) is 10.2. The lowest BCUT2D eigenvalue weighted by molar-refractivity contribution is 0.584. The number of hydrogen-bond donors (Lipinski definition) is 1. The maximum atomic E-state index is 6.21. The molecule has 1 N–H and O–H groups in total. The molecule has 0 spiro atoms. The van der Waals surface area contributed by atoms with Gasteiger partial charge in [0.1, 0.15) is 0 Å². The molecule has 0 fully saturated rings. The summed E-state index contributed by atoms with van der Waals surface area (Å²) >= 11 is 12.4. The first kappa shape index (κ1) is 13.3. The summed E-state index contributed by atoms with van der Waals surface area (Å²) in [5.41, 5.74) is 1.79. The van der Waals surface area contributed by atoms with Crippen LogP contribution in [0.15, 0.2) is 24.4 Å². The molecule has 0 aliphatic heterocycles. The summed E-state index contributed by atoms with van der Waals surface area (Å²) in [4.78, 5) is 0. The van der Waals surface area contributed by atoms with Gasteiger partial charge >= 0.3 is 0 Å². The van der Waals surface area contributed by atoms with Crippen LogP contribution >= 0.6 is 23.2 Å². The van der Waals surface area contributed by atoms with E-state index >= 15 is 0 Å². The molecule has 0 saturated carbocycles. The van der Waals surface area contributed by atoms with Crippen LogP contribution in [0.2, 0.25) is 10.0 Å². The minimum Gasteiger partial charge on any atom is -0.313 e. The first-order chi connectivity index (χ1) is 8.61. The lowest BCUT2D eigenvalue weighted by Gasteiger charge is -2.18. The maximum Gasteiger partial charge on any atom is 0.0845 e. The van der Waals surface area contributed by atoms with Gasteiger partial charge in [-0.05, 0) is 19.2 Å². The standard InChI is InChI=1S/C12H14Cl2N4/c1-15-11(6-8-7-18(2)17-16-8)12-9(13)4-3-5-10(12)14/h3-5,7,11,15H,6H2,1-2H3. The largest absolute Gasteiger partial charge is 0.313 e. The summed E-state index contributed by atoms with van der Waals surface area (Å²) in [6, 6.07) is 5.53. The summed E-state index contributed by atoms with van der Waals surface area (Å²) in [5, 5.41) is 12.5. The molecule has 1 aromatic heterocycles. The number of aryl methyl sites for hydroxylation is 1. The Labute approximate surface area is 116 Å². The van der Waals surface area contributed by atoms with Gasteiger partial charge in [-0.3, -0.25) is 4.68 Å². The van der Waals surface area contributed by atoms with Crippen molar-refractivity contribution in [1.29, 1.82) is 0 Å². The molecule has 0 saturated heterocycles. The highest BCUT2D eigenvalue weighted by atomic mass is 35.5. The first-order valence-corrected chi connectivity index (χ1v) is 6.33. The van der Waals surface area contributed by atoms with Gasteiger partial charge in [-0.15, -0.1) is 5.10 Å². The number of benzene rings is 1. The molecular weight excluding hydrogens is 271 g/mol. The molecule has 1 atom stereocenters. The second-order valence-corrected chi connectivity index (χ2v) is 4.88. The molecule has 0 aliphatic rings. The van der Waals surface area contributed by atoms with E-state index in [2.05, 4.69) is 15.6 Å². The van der Waals surface area contributed by atoms with Crippen LogP contribution in [0.25, 0.3) is 0 Å². The number of halogens is 2. The second kappa shape index (κ2) is 5.69. The van der Waals surface area contributed by atoms with Crippen molar-refractivity contribution in [2.45, 2.75) is 12.5 Å². The number of rotatable bonds is 4. The molecule has 18 heavy (non-hydrogen) atoms. The third kappa shape index (κ3) is 2.83. The molecule has 0 amide bonds. The van der Waals surface area contributed by atoms with Crippen molar-refractivity contribution in [3.8, 4) is 0 Å². The molecule has 1 unspecified atom stereocenters. The zero-order chi connectivity index (χ0) is 13.1. The van der Waals surface area contributed by atoms with Crippen molar-refractivity contribution < 1.29 is 0 Å². The summed E-state index contributed by atoms with van der Waals surface area (Å²) in [6.07, 6.45) is 2.57. The van der Waals surface area contributed by atoms with E-state index in [4.69, 9.17) is 23.2 Å². The number of aromatic nitrogens is 3. The fourth-order valence-electron chi connectivity index (χ4n) is 1.89. The fourth-order valence-corrected chi connectivity index (χ4v) is 2.55. The summed E-state index contributed by atoms with van der Waals surface area (Å²) in [5.74, 6) is 0. The minimum atomic E-state index is 0.0166. The van der Waals surface area contributed by atoms with Gasteiger partial charge in [0, 0.05) is 41.3 Å². The second-order valence-electron chi connectivity index (χ2n) is 4.06. The molecule has 2 rings (SSSR count). The number of hydrogen-bond acceptors (Lipinski definition) is 3. The number of likely N-dealkylation sites (N-methyl/N-ethyl adjacent to an activating group) is 1. The van der Waals surface area contributed by atoms with E-state index in [1.165, 1.54) is 0 Å². The predicted molar refractivity (Wildman–Crippen MR) is 73.0 cm³/mol. The summed E-state index contributed by atoms with van der Waals surface area (Å²) in [7, 11) is 3.72. The highest BCUT2D eigenvalue weighted by Gasteiger charge is 2.18. The Morgan fingerprint density at radius 1 is 1.33 bits per heavy atom. The molecule has 96 valence electrons. The lowest BCUT2D eigenvalue weighted by Crippen LogP contribution is -2.20. The van der Waals surface area contributed by atoms with Crippen LogP contribution in [0, 0.1) is 0 Å². The Morgan fingerprint density at radius 3 is 2.50 bits per heavy atom. The van der Waals surface area contributed by atoms with E-state index in [0.29, 0.717) is 16.5 Å². The van der Waals surface area contributed by atoms with Crippen molar-refractivity contribution in [3.05, 3.63) is 45.7 Å². The molecule has 0 aliphatic carbocycles. The maximum absolute atomic E-state index is 6.21. The van der Waals surface area contributed by atoms with Gasteiger partial charge in [0.15, 0.2) is 0 Å². The highest BCUT2D eigenvalue weighted by Crippen LogP contribution is 2.31. The first-order valence-electron chi connectivity index (χ1n) is 5.58. The molecule has 4 nitrogen and oxygen atoms in total. The van der Waals surface area contributed by atoms with E-state index in [0.717, 1.165) is 11.3 Å². The van der Waals surface area contributed by atoms with E-state index in [1.807, 2.05) is 38.5 Å². The van der Waals surface area contributed by atoms with Crippen LogP contribution in [0.1, 0.15) is 17.3 Å². The van der Waals surface area contributed by atoms with E-state index in [-0.39, 0.29) is 6.04 Å². The quantitative estimate of drug-likeness (QED) is 0.939. The van der Waals surface area contributed by atoms with Crippen molar-refractivity contribution in [3.63, 3.8) is 0 Å². The van der Waals surface area contributed by atoms with E-state index in [1.54, 1.807) is 4.68 Å². The van der Waals surface area contributed by atoms with Gasteiger partial charge in [0.05, 0.1) is 5.69 Å². The average molecular weight is 285 g/mol. The monoisotopic (exact) mass is 284 g/mol. The summed E-state index contributed by atoms with van der Waals surface area (Å²) < 4.78 is 1.68. The normalized spacial score (nSPS) is 12.7. The van der Waals surface area contributed by atoms with Crippen molar-refractivity contribution >= 4 is 23.2 Å². The van der Waals surface area contributed by atoms with Crippen LogP contribution < -0.4 is 5.32 Å². The molecule has 6 heteroatoms. The third-order valence-electron chi connectivity index (χ3n) is 2.76. The lowest BCUT2D eigenvalue weighted by atomic mass is 10.0. The number of nitrogens with zero attached hydrogens (tertiary/aromatic N) is 3. The molecule has 1 aromatic carbocycles. The van der Waals surface area contributed by atoms with E-state index < -0.39 is 0 Å². The van der Waals surface area contributed by atoms with Crippen LogP contribution in [-0.4, -0.2) is 22.0 Å². The van der Waals surface area contributed by atoms with Gasteiger partial charge in [-0.25, -0.2) is 0 Å². The molecule has 1 heterocycles. The number of nitrogens with one attached hydrogen (secondary N) is 1. The van der Waals surface area contributed by atoms with Crippen LogP contribution in [0.5, 0.6) is 0 Å². The third-order valence-corrected chi connectivity index (χ3v) is 3.42. The summed E-state index contributed by atoms with van der Waals surface area (Å²) in [6.45, 7) is 0. The molecule has 2 aromatic rings. The Bertz CT molecular complexity index is 518. The Balaban J connectivity index is 2.28. The van der Waals surface area contributed by atoms with Crippen molar-refractivity contribution in [2.75, 3.05) is 7.05 Å². The highest BCUT2D eigenvalue weighted by molar-refractivity contribution is 6.36. The van der Waals surface area contributed by atoms with Crippen molar-refractivity contribution in [2.24, 2.45) is 7.05 Å². The van der Waals surface area contributed by atoms with Crippen LogP contribution in [0.4, 0.5) is 0 Å². The predicted octanol–water partition coefficient (Wildman–Crippen LogP) is 2.63. The van der Waals surface area contributed by atoms with Gasteiger partial charge in [-0.2, -0.15) is 0 Å². The molecule has 0 radical (unpaired) electrons. The fraction of sp³-hybridized carbons (Fsp3) is 0.333. The Morgan fingerprint density at radius 2 is 2.00 bits per heavy atom. The average Bonchev–Trinajstić information content (AvgIpc) is 2.73. The Kier molecular flexibility index (Phi) is 4.22. The topological polar surface area (TPSA) is 42.7 Å². The van der Waals surface area contributed by atoms with Crippen LogP contribution in [-0.2, 0) is 13.5 Å². The smallest absolute Gasteiger partial charge is 0.0845 e. The minimum absolute atomic E-state index is 0.0166. The van der Waals surface area contributed by atoms with Crippen LogP contribution in [0.3, 0.4) is 0 Å². The SMILES string of the molecule is CNC(Cc1cn(C)nn1)c1c(Cl)cccc1Cl.